The Morgan fingerprint density at radius 2 is 1.72 bits per heavy atom. The Labute approximate surface area is 185 Å². The Balaban J connectivity index is 1.46. The minimum absolute atomic E-state index is 0.0836. The molecule has 1 aliphatic carbocycles. The van der Waals surface area contributed by atoms with E-state index < -0.39 is 0 Å². The lowest BCUT2D eigenvalue weighted by molar-refractivity contribution is 0.0950. The third kappa shape index (κ3) is 3.85. The molecule has 2 heterocycles. The van der Waals surface area contributed by atoms with Crippen LogP contribution in [0.5, 0.6) is 0 Å². The molecule has 1 saturated carbocycles. The van der Waals surface area contributed by atoms with Gasteiger partial charge in [0.25, 0.3) is 11.8 Å². The summed E-state index contributed by atoms with van der Waals surface area (Å²) < 4.78 is 1.70. The molecule has 5 rings (SSSR count). The third-order valence-electron chi connectivity index (χ3n) is 5.60. The first-order valence-electron chi connectivity index (χ1n) is 10.6. The van der Waals surface area contributed by atoms with Gasteiger partial charge in [0, 0.05) is 29.9 Å². The van der Waals surface area contributed by atoms with Crippen molar-refractivity contribution in [2.75, 3.05) is 5.32 Å². The van der Waals surface area contributed by atoms with Gasteiger partial charge in [0.1, 0.15) is 0 Å². The van der Waals surface area contributed by atoms with Crippen LogP contribution in [0.2, 0.25) is 0 Å². The Kier molecular flexibility index (Phi) is 4.93. The van der Waals surface area contributed by atoms with Crippen molar-refractivity contribution in [3.8, 4) is 11.3 Å². The molecule has 1 fully saturated rings. The zero-order chi connectivity index (χ0) is 22.2. The highest BCUT2D eigenvalue weighted by Crippen LogP contribution is 2.27. The molecule has 4 aromatic rings. The van der Waals surface area contributed by atoms with Gasteiger partial charge in [0.15, 0.2) is 5.65 Å². The van der Waals surface area contributed by atoms with Gasteiger partial charge in [-0.2, -0.15) is 5.10 Å². The van der Waals surface area contributed by atoms with Crippen LogP contribution < -0.4 is 10.6 Å². The number of carbonyl (C=O) groups is 2. The van der Waals surface area contributed by atoms with E-state index in [4.69, 9.17) is 4.98 Å². The molecule has 7 nitrogen and oxygen atoms in total. The molecule has 0 aliphatic heterocycles. The number of aryl methyl sites for hydroxylation is 2. The number of nitrogens with zero attached hydrogens (tertiary/aromatic N) is 3. The van der Waals surface area contributed by atoms with Gasteiger partial charge in [-0.05, 0) is 50.1 Å². The third-order valence-corrected chi connectivity index (χ3v) is 5.60. The number of carbonyl (C=O) groups excluding carboxylic acids is 2. The molecule has 32 heavy (non-hydrogen) atoms. The SMILES string of the molecule is Cc1nn(C)c2nc(-c3ccccc3)cc(C(=O)Nc3ccc(C(=O)NC4CC4)cc3)c12. The van der Waals surface area contributed by atoms with Crippen LogP contribution in [0.1, 0.15) is 39.3 Å². The van der Waals surface area contributed by atoms with E-state index in [1.807, 2.05) is 44.3 Å². The van der Waals surface area contributed by atoms with Crippen molar-refractivity contribution in [1.82, 2.24) is 20.1 Å². The fourth-order valence-electron chi connectivity index (χ4n) is 3.78. The molecule has 1 aliphatic rings. The maximum absolute atomic E-state index is 13.3. The molecule has 2 N–H and O–H groups in total. The van der Waals surface area contributed by atoms with Gasteiger partial charge in [-0.1, -0.05) is 30.3 Å². The summed E-state index contributed by atoms with van der Waals surface area (Å²) in [5.74, 6) is -0.333. The van der Waals surface area contributed by atoms with Gasteiger partial charge in [-0.3, -0.25) is 14.3 Å². The molecular formula is C25H23N5O2. The van der Waals surface area contributed by atoms with Crippen LogP contribution >= 0.6 is 0 Å². The summed E-state index contributed by atoms with van der Waals surface area (Å²) in [6, 6.07) is 18.8. The predicted octanol–water partition coefficient (Wildman–Crippen LogP) is 4.09. The van der Waals surface area contributed by atoms with Crippen molar-refractivity contribution in [3.05, 3.63) is 77.5 Å². The van der Waals surface area contributed by atoms with Gasteiger partial charge < -0.3 is 10.6 Å². The normalized spacial score (nSPS) is 13.2. The average molecular weight is 425 g/mol. The smallest absolute Gasteiger partial charge is 0.256 e. The first-order valence-corrected chi connectivity index (χ1v) is 10.6. The lowest BCUT2D eigenvalue weighted by Crippen LogP contribution is -2.25. The minimum atomic E-state index is -0.249. The molecule has 0 radical (unpaired) electrons. The van der Waals surface area contributed by atoms with Gasteiger partial charge in [0.2, 0.25) is 0 Å². The van der Waals surface area contributed by atoms with E-state index in [1.54, 1.807) is 35.0 Å². The van der Waals surface area contributed by atoms with Gasteiger partial charge in [-0.25, -0.2) is 4.98 Å². The van der Waals surface area contributed by atoms with Crippen LogP contribution in [0.25, 0.3) is 22.3 Å². The number of hydrogen-bond acceptors (Lipinski definition) is 4. The first kappa shape index (κ1) is 19.9. The van der Waals surface area contributed by atoms with E-state index in [-0.39, 0.29) is 11.8 Å². The summed E-state index contributed by atoms with van der Waals surface area (Å²) in [5, 5.41) is 11.1. The zero-order valence-electron chi connectivity index (χ0n) is 17.9. The molecular weight excluding hydrogens is 402 g/mol. The van der Waals surface area contributed by atoms with Crippen LogP contribution in [0.4, 0.5) is 5.69 Å². The van der Waals surface area contributed by atoms with Crippen molar-refractivity contribution >= 4 is 28.5 Å². The van der Waals surface area contributed by atoms with Crippen molar-refractivity contribution in [1.29, 1.82) is 0 Å². The lowest BCUT2D eigenvalue weighted by Gasteiger charge is -2.10. The Bertz CT molecular complexity index is 1320. The molecule has 7 heteroatoms. The van der Waals surface area contributed by atoms with Crippen molar-refractivity contribution in [2.45, 2.75) is 25.8 Å². The fraction of sp³-hybridized carbons (Fsp3) is 0.200. The lowest BCUT2D eigenvalue weighted by atomic mass is 10.0. The van der Waals surface area contributed by atoms with Gasteiger partial charge in [0.05, 0.1) is 22.3 Å². The number of pyridine rings is 1. The molecule has 0 saturated heterocycles. The van der Waals surface area contributed by atoms with Crippen LogP contribution in [-0.4, -0.2) is 32.6 Å². The summed E-state index contributed by atoms with van der Waals surface area (Å²) in [5.41, 5.74) is 4.73. The highest BCUT2D eigenvalue weighted by atomic mass is 16.2. The maximum Gasteiger partial charge on any atom is 0.256 e. The molecule has 160 valence electrons. The molecule has 2 aromatic carbocycles. The summed E-state index contributed by atoms with van der Waals surface area (Å²) in [4.78, 5) is 30.2. The highest BCUT2D eigenvalue weighted by Gasteiger charge is 2.24. The number of nitrogens with one attached hydrogen (secondary N) is 2. The second kappa shape index (κ2) is 7.92. The van der Waals surface area contributed by atoms with E-state index in [2.05, 4.69) is 15.7 Å². The fourth-order valence-corrected chi connectivity index (χ4v) is 3.78. The first-order chi connectivity index (χ1) is 15.5. The number of hydrogen-bond donors (Lipinski definition) is 2. The van der Waals surface area contributed by atoms with E-state index in [9.17, 15) is 9.59 Å². The van der Waals surface area contributed by atoms with E-state index in [1.165, 1.54) is 0 Å². The standard InChI is InChI=1S/C25H23N5O2/c1-15-22-20(14-21(16-6-4-3-5-7-16)28-23(22)30(2)29-15)25(32)27-18-10-8-17(9-11-18)24(31)26-19-12-13-19/h3-11,14,19H,12-13H2,1-2H3,(H,26,31)(H,27,32). The summed E-state index contributed by atoms with van der Waals surface area (Å²) in [6.07, 6.45) is 2.08. The number of rotatable bonds is 5. The second-order valence-corrected chi connectivity index (χ2v) is 8.11. The number of amides is 2. The summed E-state index contributed by atoms with van der Waals surface area (Å²) in [7, 11) is 1.82. The van der Waals surface area contributed by atoms with Crippen LogP contribution in [-0.2, 0) is 7.05 Å². The second-order valence-electron chi connectivity index (χ2n) is 8.11. The number of fused-ring (bicyclic) bond motifs is 1. The molecule has 0 bridgehead atoms. The molecule has 0 unspecified atom stereocenters. The molecule has 2 aromatic heterocycles. The summed E-state index contributed by atoms with van der Waals surface area (Å²) in [6.45, 7) is 1.87. The quantitative estimate of drug-likeness (QED) is 0.504. The van der Waals surface area contributed by atoms with Crippen LogP contribution in [0.3, 0.4) is 0 Å². The van der Waals surface area contributed by atoms with E-state index in [0.29, 0.717) is 34.2 Å². The number of anilines is 1. The monoisotopic (exact) mass is 425 g/mol. The van der Waals surface area contributed by atoms with Crippen LogP contribution in [0.15, 0.2) is 60.7 Å². The maximum atomic E-state index is 13.3. The predicted molar refractivity (Wildman–Crippen MR) is 124 cm³/mol. The molecule has 0 spiro atoms. The Morgan fingerprint density at radius 1 is 1.00 bits per heavy atom. The summed E-state index contributed by atoms with van der Waals surface area (Å²) >= 11 is 0. The van der Waals surface area contributed by atoms with Gasteiger partial charge in [-0.15, -0.1) is 0 Å². The topological polar surface area (TPSA) is 88.9 Å². The molecule has 0 atom stereocenters. The van der Waals surface area contributed by atoms with Crippen molar-refractivity contribution in [3.63, 3.8) is 0 Å². The Morgan fingerprint density at radius 3 is 2.41 bits per heavy atom. The minimum Gasteiger partial charge on any atom is -0.349 e. The average Bonchev–Trinajstić information content (AvgIpc) is 3.57. The van der Waals surface area contributed by atoms with Crippen molar-refractivity contribution in [2.24, 2.45) is 7.05 Å². The Hall–Kier alpha value is -4.00. The number of aromatic nitrogens is 3. The zero-order valence-corrected chi connectivity index (χ0v) is 17.9. The van der Waals surface area contributed by atoms with Crippen LogP contribution in [0, 0.1) is 6.92 Å². The molecule has 2 amide bonds. The largest absolute Gasteiger partial charge is 0.349 e. The van der Waals surface area contributed by atoms with E-state index >= 15 is 0 Å². The highest BCUT2D eigenvalue weighted by molar-refractivity contribution is 6.13. The van der Waals surface area contributed by atoms with Crippen molar-refractivity contribution < 1.29 is 9.59 Å². The van der Waals surface area contributed by atoms with Gasteiger partial charge >= 0.3 is 0 Å². The van der Waals surface area contributed by atoms with E-state index in [0.717, 1.165) is 29.5 Å². The number of benzene rings is 2.